The summed E-state index contributed by atoms with van der Waals surface area (Å²) in [6, 6.07) is 8.87. The van der Waals surface area contributed by atoms with E-state index in [4.69, 9.17) is 14.2 Å². The number of benzene rings is 2. The number of halogens is 1. The fourth-order valence-electron chi connectivity index (χ4n) is 2.13. The zero-order chi connectivity index (χ0) is 20.7. The Morgan fingerprint density at radius 1 is 1.25 bits per heavy atom. The highest BCUT2D eigenvalue weighted by Crippen LogP contribution is 2.29. The first-order valence-corrected chi connectivity index (χ1v) is 8.01. The molecule has 1 N–H and O–H groups in total. The lowest BCUT2D eigenvalue weighted by Gasteiger charge is -2.15. The number of non-ortho nitro benzene ring substituents is 1. The van der Waals surface area contributed by atoms with E-state index in [0.29, 0.717) is 0 Å². The molecular weight excluding hydrogens is 375 g/mol. The van der Waals surface area contributed by atoms with Gasteiger partial charge in [-0.3, -0.25) is 14.9 Å². The molecule has 0 unspecified atom stereocenters. The van der Waals surface area contributed by atoms with Crippen molar-refractivity contribution in [2.24, 2.45) is 0 Å². The Labute approximate surface area is 159 Å². The van der Waals surface area contributed by atoms with Crippen LogP contribution in [0.5, 0.6) is 11.5 Å². The van der Waals surface area contributed by atoms with Crippen LogP contribution in [0, 0.1) is 15.9 Å². The molecule has 0 aliphatic rings. The first-order valence-electron chi connectivity index (χ1n) is 8.01. The van der Waals surface area contributed by atoms with Gasteiger partial charge in [-0.25, -0.2) is 9.18 Å². The second-order valence-corrected chi connectivity index (χ2v) is 5.51. The second-order valence-electron chi connectivity index (χ2n) is 5.51. The van der Waals surface area contributed by atoms with Crippen LogP contribution >= 0.6 is 0 Å². The Hall–Kier alpha value is -3.69. The van der Waals surface area contributed by atoms with Gasteiger partial charge in [0.15, 0.2) is 12.7 Å². The van der Waals surface area contributed by atoms with Crippen molar-refractivity contribution in [3.63, 3.8) is 0 Å². The number of nitro benzene ring substituents is 1. The highest BCUT2D eigenvalue weighted by Gasteiger charge is 2.21. The quantitative estimate of drug-likeness (QED) is 0.417. The van der Waals surface area contributed by atoms with Gasteiger partial charge in [0, 0.05) is 18.2 Å². The first-order chi connectivity index (χ1) is 13.3. The van der Waals surface area contributed by atoms with Crippen molar-refractivity contribution in [2.75, 3.05) is 19.0 Å². The Balaban J connectivity index is 1.94. The molecule has 0 saturated carbocycles. The normalized spacial score (nSPS) is 11.2. The second kappa shape index (κ2) is 9.31. The largest absolute Gasteiger partial charge is 0.495 e. The molecule has 0 spiro atoms. The van der Waals surface area contributed by atoms with E-state index in [9.17, 15) is 24.1 Å². The highest BCUT2D eigenvalue weighted by atomic mass is 19.1. The van der Waals surface area contributed by atoms with E-state index in [0.717, 1.165) is 12.1 Å². The molecule has 1 amide bonds. The van der Waals surface area contributed by atoms with E-state index in [-0.39, 0.29) is 22.9 Å². The third-order valence-corrected chi connectivity index (χ3v) is 3.48. The van der Waals surface area contributed by atoms with Crippen LogP contribution in [-0.4, -0.2) is 36.6 Å². The van der Waals surface area contributed by atoms with Crippen LogP contribution in [0.15, 0.2) is 42.5 Å². The molecule has 2 aromatic carbocycles. The molecule has 0 fully saturated rings. The summed E-state index contributed by atoms with van der Waals surface area (Å²) >= 11 is 0. The van der Waals surface area contributed by atoms with Gasteiger partial charge < -0.3 is 19.5 Å². The van der Waals surface area contributed by atoms with Crippen LogP contribution in [0.2, 0.25) is 0 Å². The predicted octanol–water partition coefficient (Wildman–Crippen LogP) is 2.69. The third kappa shape index (κ3) is 5.66. The summed E-state index contributed by atoms with van der Waals surface area (Å²) < 4.78 is 28.1. The summed E-state index contributed by atoms with van der Waals surface area (Å²) in [6.45, 7) is 0.792. The predicted molar refractivity (Wildman–Crippen MR) is 95.7 cm³/mol. The molecule has 0 aromatic heterocycles. The lowest BCUT2D eigenvalue weighted by Crippen LogP contribution is -2.31. The third-order valence-electron chi connectivity index (χ3n) is 3.48. The summed E-state index contributed by atoms with van der Waals surface area (Å²) in [4.78, 5) is 34.3. The number of nitrogens with zero attached hydrogens (tertiary/aromatic N) is 1. The van der Waals surface area contributed by atoms with Gasteiger partial charge in [0.2, 0.25) is 0 Å². The van der Waals surface area contributed by atoms with Crippen molar-refractivity contribution < 1.29 is 33.1 Å². The average molecular weight is 392 g/mol. The molecule has 148 valence electrons. The molecule has 2 aromatic rings. The van der Waals surface area contributed by atoms with Gasteiger partial charge in [-0.15, -0.1) is 0 Å². The molecule has 0 radical (unpaired) electrons. The van der Waals surface area contributed by atoms with Gasteiger partial charge in [-0.05, 0) is 25.1 Å². The van der Waals surface area contributed by atoms with Gasteiger partial charge in [0.1, 0.15) is 17.3 Å². The number of carbonyl (C=O) groups is 2. The number of hydrogen-bond donors (Lipinski definition) is 1. The number of amides is 1. The lowest BCUT2D eigenvalue weighted by molar-refractivity contribution is -0.384. The maximum absolute atomic E-state index is 13.1. The zero-order valence-corrected chi connectivity index (χ0v) is 15.0. The molecule has 0 aliphatic carbocycles. The number of nitrogens with one attached hydrogen (secondary N) is 1. The van der Waals surface area contributed by atoms with Crippen LogP contribution in [0.25, 0.3) is 0 Å². The summed E-state index contributed by atoms with van der Waals surface area (Å²) in [5.41, 5.74) is -0.190. The van der Waals surface area contributed by atoms with Crippen LogP contribution in [-0.2, 0) is 14.3 Å². The Bertz CT molecular complexity index is 888. The van der Waals surface area contributed by atoms with Gasteiger partial charge in [-0.2, -0.15) is 0 Å². The van der Waals surface area contributed by atoms with Gasteiger partial charge in [0.05, 0.1) is 17.7 Å². The standard InChI is InChI=1S/C18H17FN2O7/c1-11(28-17(22)10-27-14-5-3-4-12(19)8-14)18(23)20-15-9-13(21(24)25)6-7-16(15)26-2/h3-9,11H,10H2,1-2H3,(H,20,23)/t11-/m0/s1. The van der Waals surface area contributed by atoms with Crippen LogP contribution < -0.4 is 14.8 Å². The molecule has 0 aliphatic heterocycles. The van der Waals surface area contributed by atoms with E-state index < -0.39 is 35.3 Å². The SMILES string of the molecule is COc1ccc([N+](=O)[O-])cc1NC(=O)[C@H](C)OC(=O)COc1cccc(F)c1. The lowest BCUT2D eigenvalue weighted by atomic mass is 10.2. The fourth-order valence-corrected chi connectivity index (χ4v) is 2.13. The number of methoxy groups -OCH3 is 1. The minimum Gasteiger partial charge on any atom is -0.495 e. The van der Waals surface area contributed by atoms with Crippen molar-refractivity contribution in [3.8, 4) is 11.5 Å². The molecular formula is C18H17FN2O7. The molecule has 1 atom stereocenters. The average Bonchev–Trinajstić information content (AvgIpc) is 2.66. The summed E-state index contributed by atoms with van der Waals surface area (Å²) in [5, 5.41) is 13.3. The molecule has 2 rings (SSSR count). The number of nitro groups is 1. The summed E-state index contributed by atoms with van der Waals surface area (Å²) in [6.07, 6.45) is -1.22. The summed E-state index contributed by atoms with van der Waals surface area (Å²) in [5.74, 6) is -1.76. The van der Waals surface area contributed by atoms with Gasteiger partial charge in [0.25, 0.3) is 11.6 Å². The van der Waals surface area contributed by atoms with E-state index in [1.54, 1.807) is 0 Å². The van der Waals surface area contributed by atoms with Crippen molar-refractivity contribution >= 4 is 23.3 Å². The van der Waals surface area contributed by atoms with E-state index >= 15 is 0 Å². The van der Waals surface area contributed by atoms with Crippen molar-refractivity contribution in [3.05, 3.63) is 58.4 Å². The molecule has 28 heavy (non-hydrogen) atoms. The maximum Gasteiger partial charge on any atom is 0.344 e. The minimum atomic E-state index is -1.22. The number of rotatable bonds is 8. The Kier molecular flexibility index (Phi) is 6.85. The number of ether oxygens (including phenoxy) is 3. The van der Waals surface area contributed by atoms with Crippen LogP contribution in [0.4, 0.5) is 15.8 Å². The maximum atomic E-state index is 13.1. The van der Waals surface area contributed by atoms with E-state index in [1.807, 2.05) is 0 Å². The Morgan fingerprint density at radius 2 is 2.00 bits per heavy atom. The Morgan fingerprint density at radius 3 is 2.64 bits per heavy atom. The minimum absolute atomic E-state index is 0.0561. The molecule has 0 bridgehead atoms. The van der Waals surface area contributed by atoms with Crippen molar-refractivity contribution in [2.45, 2.75) is 13.0 Å². The summed E-state index contributed by atoms with van der Waals surface area (Å²) in [7, 11) is 1.34. The molecule has 10 heteroatoms. The number of hydrogen-bond acceptors (Lipinski definition) is 7. The number of esters is 1. The van der Waals surface area contributed by atoms with Crippen molar-refractivity contribution in [1.29, 1.82) is 0 Å². The number of anilines is 1. The molecule has 0 saturated heterocycles. The smallest absolute Gasteiger partial charge is 0.344 e. The highest BCUT2D eigenvalue weighted by molar-refractivity contribution is 5.96. The van der Waals surface area contributed by atoms with E-state index in [1.165, 1.54) is 44.4 Å². The van der Waals surface area contributed by atoms with Crippen LogP contribution in [0.3, 0.4) is 0 Å². The van der Waals surface area contributed by atoms with E-state index in [2.05, 4.69) is 5.32 Å². The molecule has 0 heterocycles. The van der Waals surface area contributed by atoms with Crippen LogP contribution in [0.1, 0.15) is 6.92 Å². The van der Waals surface area contributed by atoms with Crippen molar-refractivity contribution in [1.82, 2.24) is 0 Å². The number of carbonyl (C=O) groups excluding carboxylic acids is 2. The fraction of sp³-hybridized carbons (Fsp3) is 0.222. The van der Waals surface area contributed by atoms with Gasteiger partial charge >= 0.3 is 5.97 Å². The molecule has 9 nitrogen and oxygen atoms in total. The zero-order valence-electron chi connectivity index (χ0n) is 15.0. The van der Waals surface area contributed by atoms with Gasteiger partial charge in [-0.1, -0.05) is 6.07 Å². The topological polar surface area (TPSA) is 117 Å². The monoisotopic (exact) mass is 392 g/mol. The first kappa shape index (κ1) is 20.6.